The van der Waals surface area contributed by atoms with Crippen molar-refractivity contribution in [2.24, 2.45) is 5.92 Å². The van der Waals surface area contributed by atoms with Crippen LogP contribution in [0.5, 0.6) is 0 Å². The highest BCUT2D eigenvalue weighted by Gasteiger charge is 2.23. The molecule has 4 nitrogen and oxygen atoms in total. The van der Waals surface area contributed by atoms with Crippen LogP contribution in [-0.4, -0.2) is 20.5 Å². The quantitative estimate of drug-likeness (QED) is 0.775. The molecule has 0 spiro atoms. The molecule has 1 aromatic rings. The molecule has 0 bridgehead atoms. The monoisotopic (exact) mass is 316 g/mol. The summed E-state index contributed by atoms with van der Waals surface area (Å²) in [6, 6.07) is 4.21. The van der Waals surface area contributed by atoms with Crippen molar-refractivity contribution >= 4 is 21.4 Å². The van der Waals surface area contributed by atoms with E-state index in [1.807, 2.05) is 13.0 Å². The van der Waals surface area contributed by atoms with Crippen molar-refractivity contribution in [2.45, 2.75) is 62.9 Å². The number of thiophene rings is 1. The van der Waals surface area contributed by atoms with Gasteiger partial charge in [-0.2, -0.15) is 0 Å². The minimum Gasteiger partial charge on any atom is -0.309 e. The predicted octanol–water partition coefficient (Wildman–Crippen LogP) is 2.71. The molecule has 114 valence electrons. The zero-order chi connectivity index (χ0) is 14.8. The van der Waals surface area contributed by atoms with Crippen molar-refractivity contribution in [3.8, 4) is 0 Å². The molecule has 2 atom stereocenters. The molecular formula is C14H24N2O2S2. The molecule has 20 heavy (non-hydrogen) atoms. The van der Waals surface area contributed by atoms with Gasteiger partial charge in [-0.15, -0.1) is 11.3 Å². The molecule has 2 unspecified atom stereocenters. The molecule has 6 heteroatoms. The average molecular weight is 316 g/mol. The molecule has 1 fully saturated rings. The van der Waals surface area contributed by atoms with Gasteiger partial charge in [0, 0.05) is 23.5 Å². The van der Waals surface area contributed by atoms with Crippen LogP contribution in [0.15, 0.2) is 16.3 Å². The van der Waals surface area contributed by atoms with E-state index in [2.05, 4.69) is 23.9 Å². The summed E-state index contributed by atoms with van der Waals surface area (Å²) in [7, 11) is -3.38. The molecule has 2 N–H and O–H groups in total. The highest BCUT2D eigenvalue weighted by atomic mass is 32.2. The maximum absolute atomic E-state index is 12.3. The first-order valence-electron chi connectivity index (χ1n) is 7.26. The fourth-order valence-electron chi connectivity index (χ4n) is 1.90. The SMILES string of the molecule is CCC(C)C(C)NS(=O)(=O)c1ccc(CNC2CC2)s1. The first-order valence-corrected chi connectivity index (χ1v) is 9.56. The van der Waals surface area contributed by atoms with E-state index < -0.39 is 10.0 Å². The van der Waals surface area contributed by atoms with Gasteiger partial charge in [-0.3, -0.25) is 0 Å². The van der Waals surface area contributed by atoms with Crippen LogP contribution in [-0.2, 0) is 16.6 Å². The standard InChI is InChI=1S/C14H24N2O2S2/c1-4-10(2)11(3)16-20(17,18)14-8-7-13(19-14)9-15-12-5-6-12/h7-8,10-12,15-16H,4-6,9H2,1-3H3. The van der Waals surface area contributed by atoms with Gasteiger partial charge >= 0.3 is 0 Å². The van der Waals surface area contributed by atoms with Gasteiger partial charge in [0.05, 0.1) is 0 Å². The van der Waals surface area contributed by atoms with Gasteiger partial charge in [0.2, 0.25) is 10.0 Å². The van der Waals surface area contributed by atoms with E-state index in [-0.39, 0.29) is 6.04 Å². The number of rotatable bonds is 8. The molecule has 2 rings (SSSR count). The molecule has 0 amide bonds. The summed E-state index contributed by atoms with van der Waals surface area (Å²) >= 11 is 1.36. The summed E-state index contributed by atoms with van der Waals surface area (Å²) in [4.78, 5) is 1.08. The fourth-order valence-corrected chi connectivity index (χ4v) is 4.58. The second-order valence-electron chi connectivity index (χ2n) is 5.67. The first kappa shape index (κ1) is 15.9. The third kappa shape index (κ3) is 4.28. The predicted molar refractivity (Wildman–Crippen MR) is 83.4 cm³/mol. The van der Waals surface area contributed by atoms with E-state index >= 15 is 0 Å². The number of hydrogen-bond donors (Lipinski definition) is 2. The average Bonchev–Trinajstić information content (AvgIpc) is 3.10. The van der Waals surface area contributed by atoms with Crippen LogP contribution in [0.2, 0.25) is 0 Å². The van der Waals surface area contributed by atoms with Gasteiger partial charge in [0.1, 0.15) is 4.21 Å². The Morgan fingerprint density at radius 2 is 2.05 bits per heavy atom. The fraction of sp³-hybridized carbons (Fsp3) is 0.714. The van der Waals surface area contributed by atoms with Crippen LogP contribution in [0.4, 0.5) is 0 Å². The molecule has 0 aromatic carbocycles. The second kappa shape index (κ2) is 6.56. The number of sulfonamides is 1. The Bertz CT molecular complexity index is 535. The lowest BCUT2D eigenvalue weighted by Gasteiger charge is -2.19. The van der Waals surface area contributed by atoms with Crippen molar-refractivity contribution in [3.63, 3.8) is 0 Å². The Labute approximate surface area is 126 Å². The van der Waals surface area contributed by atoms with Gasteiger partial charge in [-0.25, -0.2) is 13.1 Å². The van der Waals surface area contributed by atoms with Crippen molar-refractivity contribution in [2.75, 3.05) is 0 Å². The van der Waals surface area contributed by atoms with Crippen molar-refractivity contribution in [1.82, 2.24) is 10.0 Å². The topological polar surface area (TPSA) is 58.2 Å². The van der Waals surface area contributed by atoms with Gasteiger partial charge in [0.25, 0.3) is 0 Å². The Hall–Kier alpha value is -0.430. The van der Waals surface area contributed by atoms with E-state index in [4.69, 9.17) is 0 Å². The molecule has 1 saturated carbocycles. The number of hydrogen-bond acceptors (Lipinski definition) is 4. The lowest BCUT2D eigenvalue weighted by atomic mass is 10.0. The summed E-state index contributed by atoms with van der Waals surface area (Å²) in [5, 5.41) is 3.40. The van der Waals surface area contributed by atoms with E-state index in [1.165, 1.54) is 24.2 Å². The Morgan fingerprint density at radius 3 is 2.65 bits per heavy atom. The molecule has 0 aliphatic heterocycles. The van der Waals surface area contributed by atoms with Crippen molar-refractivity contribution < 1.29 is 8.42 Å². The van der Waals surface area contributed by atoms with Crippen LogP contribution in [0.3, 0.4) is 0 Å². The maximum Gasteiger partial charge on any atom is 0.250 e. The maximum atomic E-state index is 12.3. The lowest BCUT2D eigenvalue weighted by molar-refractivity contribution is 0.434. The van der Waals surface area contributed by atoms with Crippen molar-refractivity contribution in [3.05, 3.63) is 17.0 Å². The molecule has 0 radical (unpaired) electrons. The molecule has 1 aliphatic rings. The summed E-state index contributed by atoms with van der Waals surface area (Å²) in [6.07, 6.45) is 3.44. The number of nitrogens with one attached hydrogen (secondary N) is 2. The van der Waals surface area contributed by atoms with Crippen LogP contribution >= 0.6 is 11.3 Å². The van der Waals surface area contributed by atoms with Gasteiger partial charge in [-0.05, 0) is 37.8 Å². The smallest absolute Gasteiger partial charge is 0.250 e. The zero-order valence-corrected chi connectivity index (χ0v) is 14.0. The molecule has 1 aromatic heterocycles. The van der Waals surface area contributed by atoms with E-state index in [9.17, 15) is 8.42 Å². The van der Waals surface area contributed by atoms with Gasteiger partial charge < -0.3 is 5.32 Å². The van der Waals surface area contributed by atoms with Gasteiger partial charge in [0.15, 0.2) is 0 Å². The van der Waals surface area contributed by atoms with E-state index in [1.54, 1.807) is 6.07 Å². The summed E-state index contributed by atoms with van der Waals surface area (Å²) in [6.45, 7) is 6.83. The molecule has 1 aliphatic carbocycles. The molecule has 0 saturated heterocycles. The van der Waals surface area contributed by atoms with Gasteiger partial charge in [-0.1, -0.05) is 20.3 Å². The van der Waals surface area contributed by atoms with Crippen LogP contribution in [0.1, 0.15) is 44.9 Å². The summed E-state index contributed by atoms with van der Waals surface area (Å²) in [5.74, 6) is 0.334. The summed E-state index contributed by atoms with van der Waals surface area (Å²) < 4.78 is 27.8. The molecule has 1 heterocycles. The minimum absolute atomic E-state index is 0.0415. The third-order valence-corrected chi connectivity index (χ3v) is 7.02. The highest BCUT2D eigenvalue weighted by molar-refractivity contribution is 7.91. The Balaban J connectivity index is 1.97. The zero-order valence-electron chi connectivity index (χ0n) is 12.3. The second-order valence-corrected chi connectivity index (χ2v) is 8.78. The Morgan fingerprint density at radius 1 is 1.35 bits per heavy atom. The largest absolute Gasteiger partial charge is 0.309 e. The third-order valence-electron chi connectivity index (χ3n) is 3.88. The normalized spacial score (nSPS) is 18.9. The van der Waals surface area contributed by atoms with Crippen LogP contribution < -0.4 is 10.0 Å². The first-order chi connectivity index (χ1) is 9.42. The lowest BCUT2D eigenvalue weighted by Crippen LogP contribution is -2.36. The van der Waals surface area contributed by atoms with Crippen molar-refractivity contribution in [1.29, 1.82) is 0 Å². The van der Waals surface area contributed by atoms with E-state index in [0.717, 1.165) is 17.8 Å². The molecular weight excluding hydrogens is 292 g/mol. The summed E-state index contributed by atoms with van der Waals surface area (Å²) in [5.41, 5.74) is 0. The van der Waals surface area contributed by atoms with E-state index in [0.29, 0.717) is 16.2 Å². The Kier molecular flexibility index (Phi) is 5.23. The minimum atomic E-state index is -3.38. The highest BCUT2D eigenvalue weighted by Crippen LogP contribution is 2.24. The van der Waals surface area contributed by atoms with Crippen LogP contribution in [0.25, 0.3) is 0 Å². The van der Waals surface area contributed by atoms with Crippen LogP contribution in [0, 0.1) is 5.92 Å².